The van der Waals surface area contributed by atoms with Crippen LogP contribution in [-0.2, 0) is 14.8 Å². The van der Waals surface area contributed by atoms with Gasteiger partial charge in [0.25, 0.3) is 15.9 Å². The monoisotopic (exact) mass is 366 g/mol. The molecule has 0 aliphatic rings. The first-order chi connectivity index (χ1) is 12.4. The van der Waals surface area contributed by atoms with Gasteiger partial charge in [0.2, 0.25) is 0 Å². The second-order valence-electron chi connectivity index (χ2n) is 5.89. The number of carbonyl (C=O) groups excluding carboxylic acids is 1. The Morgan fingerprint density at radius 1 is 0.923 bits per heavy atom. The zero-order valence-electron chi connectivity index (χ0n) is 14.2. The Labute approximate surface area is 152 Å². The number of amides is 1. The summed E-state index contributed by atoms with van der Waals surface area (Å²) in [6.07, 6.45) is 0. The molecule has 5 nitrogen and oxygen atoms in total. The van der Waals surface area contributed by atoms with Crippen molar-refractivity contribution in [1.29, 1.82) is 0 Å². The third-order valence-corrected chi connectivity index (χ3v) is 5.23. The smallest absolute Gasteiger partial charge is 0.261 e. The summed E-state index contributed by atoms with van der Waals surface area (Å²) < 4.78 is 28.0. The summed E-state index contributed by atoms with van der Waals surface area (Å²) in [4.78, 5) is 11.7. The summed E-state index contributed by atoms with van der Waals surface area (Å²) in [5.41, 5.74) is 1.39. The molecule has 0 fully saturated rings. The third kappa shape index (κ3) is 3.75. The molecule has 0 aliphatic carbocycles. The van der Waals surface area contributed by atoms with Crippen LogP contribution < -0.4 is 10.0 Å². The molecule has 6 heteroatoms. The van der Waals surface area contributed by atoms with Gasteiger partial charge in [0.15, 0.2) is 0 Å². The lowest BCUT2D eigenvalue weighted by Crippen LogP contribution is -2.14. The number of anilines is 2. The first-order valence-electron chi connectivity index (χ1n) is 7.94. The summed E-state index contributed by atoms with van der Waals surface area (Å²) in [7, 11) is -3.75. The van der Waals surface area contributed by atoms with E-state index < -0.39 is 10.0 Å². The lowest BCUT2D eigenvalue weighted by Gasteiger charge is -2.11. The average Bonchev–Trinajstić information content (AvgIpc) is 2.62. The third-order valence-electron chi connectivity index (χ3n) is 3.84. The second kappa shape index (κ2) is 7.01. The molecule has 0 unspecified atom stereocenters. The van der Waals surface area contributed by atoms with Crippen molar-refractivity contribution < 1.29 is 13.2 Å². The fraction of sp³-hybridized carbons (Fsp3) is 0.0500. The predicted octanol–water partition coefficient (Wildman–Crippen LogP) is 4.16. The number of hydrogen-bond donors (Lipinski definition) is 2. The van der Waals surface area contributed by atoms with Crippen LogP contribution in [0.15, 0.2) is 83.8 Å². The van der Waals surface area contributed by atoms with Gasteiger partial charge in [0, 0.05) is 16.6 Å². The summed E-state index contributed by atoms with van der Waals surface area (Å²) in [5, 5.41) is 4.41. The zero-order valence-corrected chi connectivity index (χ0v) is 15.0. The lowest BCUT2D eigenvalue weighted by molar-refractivity contribution is -0.112. The van der Waals surface area contributed by atoms with Gasteiger partial charge in [-0.05, 0) is 42.6 Å². The number of carbonyl (C=O) groups is 1. The van der Waals surface area contributed by atoms with Crippen LogP contribution in [0.2, 0.25) is 0 Å². The maximum atomic E-state index is 12.7. The molecular formula is C20H18N2O3S. The quantitative estimate of drug-likeness (QED) is 0.666. The molecule has 132 valence electrons. The van der Waals surface area contributed by atoms with E-state index in [1.165, 1.54) is 12.1 Å². The van der Waals surface area contributed by atoms with Gasteiger partial charge in [-0.25, -0.2) is 8.42 Å². The van der Waals surface area contributed by atoms with E-state index in [-0.39, 0.29) is 10.8 Å². The van der Waals surface area contributed by atoms with Crippen LogP contribution >= 0.6 is 0 Å². The number of sulfonamides is 1. The van der Waals surface area contributed by atoms with Crippen molar-refractivity contribution in [1.82, 2.24) is 0 Å². The molecule has 0 aromatic heterocycles. The molecule has 0 spiro atoms. The fourth-order valence-electron chi connectivity index (χ4n) is 2.47. The number of nitrogens with one attached hydrogen (secondary N) is 2. The van der Waals surface area contributed by atoms with Gasteiger partial charge in [0.05, 0.1) is 10.6 Å². The Morgan fingerprint density at radius 2 is 1.58 bits per heavy atom. The zero-order chi connectivity index (χ0) is 18.7. The Balaban J connectivity index is 1.86. The molecule has 0 saturated heterocycles. The molecule has 2 N–H and O–H groups in total. The highest BCUT2D eigenvalue weighted by atomic mass is 32.2. The van der Waals surface area contributed by atoms with Crippen molar-refractivity contribution in [3.8, 4) is 0 Å². The highest BCUT2D eigenvalue weighted by Crippen LogP contribution is 2.26. The van der Waals surface area contributed by atoms with Gasteiger partial charge < -0.3 is 5.32 Å². The largest absolute Gasteiger partial charge is 0.322 e. The first kappa shape index (κ1) is 17.7. The molecule has 0 heterocycles. The normalized spacial score (nSPS) is 11.1. The molecule has 0 radical (unpaired) electrons. The van der Waals surface area contributed by atoms with Crippen LogP contribution in [0.1, 0.15) is 6.92 Å². The molecule has 1 amide bonds. The first-order valence-corrected chi connectivity index (χ1v) is 9.43. The Morgan fingerprint density at radius 3 is 2.27 bits per heavy atom. The van der Waals surface area contributed by atoms with Crippen LogP contribution in [0.25, 0.3) is 10.8 Å². The van der Waals surface area contributed by atoms with Gasteiger partial charge in [-0.15, -0.1) is 0 Å². The van der Waals surface area contributed by atoms with Crippen LogP contribution in [0, 0.1) is 0 Å². The lowest BCUT2D eigenvalue weighted by atomic mass is 10.1. The van der Waals surface area contributed by atoms with E-state index in [0.29, 0.717) is 16.9 Å². The van der Waals surface area contributed by atoms with Crippen molar-refractivity contribution in [2.45, 2.75) is 11.8 Å². The predicted molar refractivity (Wildman–Crippen MR) is 105 cm³/mol. The minimum Gasteiger partial charge on any atom is -0.322 e. The maximum Gasteiger partial charge on any atom is 0.261 e. The Hall–Kier alpha value is -3.12. The van der Waals surface area contributed by atoms with E-state index in [1.807, 2.05) is 30.3 Å². The molecule has 0 saturated carbocycles. The van der Waals surface area contributed by atoms with Crippen molar-refractivity contribution in [2.24, 2.45) is 0 Å². The fourth-order valence-corrected chi connectivity index (χ4v) is 3.55. The molecule has 3 rings (SSSR count). The van der Waals surface area contributed by atoms with Crippen LogP contribution in [0.5, 0.6) is 0 Å². The van der Waals surface area contributed by atoms with Gasteiger partial charge in [-0.3, -0.25) is 9.52 Å². The molecule has 3 aromatic rings. The van der Waals surface area contributed by atoms with Gasteiger partial charge in [-0.2, -0.15) is 0 Å². The molecule has 26 heavy (non-hydrogen) atoms. The summed E-state index contributed by atoms with van der Waals surface area (Å²) in [6, 6.07) is 19.0. The van der Waals surface area contributed by atoms with E-state index in [4.69, 9.17) is 0 Å². The summed E-state index contributed by atoms with van der Waals surface area (Å²) in [6.45, 7) is 5.16. The van der Waals surface area contributed by atoms with Crippen molar-refractivity contribution >= 4 is 38.1 Å². The minimum absolute atomic E-state index is 0.110. The minimum atomic E-state index is -3.75. The highest BCUT2D eigenvalue weighted by Gasteiger charge is 2.15. The highest BCUT2D eigenvalue weighted by molar-refractivity contribution is 7.92. The van der Waals surface area contributed by atoms with Crippen molar-refractivity contribution in [3.05, 3.63) is 78.9 Å². The number of benzene rings is 3. The number of rotatable bonds is 5. The van der Waals surface area contributed by atoms with Gasteiger partial charge >= 0.3 is 0 Å². The topological polar surface area (TPSA) is 75.3 Å². The second-order valence-corrected chi connectivity index (χ2v) is 7.57. The van der Waals surface area contributed by atoms with E-state index in [9.17, 15) is 13.2 Å². The molecule has 0 atom stereocenters. The summed E-state index contributed by atoms with van der Waals surface area (Å²) in [5.74, 6) is -0.311. The molecular weight excluding hydrogens is 348 g/mol. The van der Waals surface area contributed by atoms with Crippen LogP contribution in [0.4, 0.5) is 11.4 Å². The number of fused-ring (bicyclic) bond motifs is 1. The van der Waals surface area contributed by atoms with Gasteiger partial charge in [-0.1, -0.05) is 43.0 Å². The van der Waals surface area contributed by atoms with E-state index in [2.05, 4.69) is 16.6 Å². The maximum absolute atomic E-state index is 12.7. The molecule has 0 aliphatic heterocycles. The Bertz CT molecular complexity index is 1080. The molecule has 0 bridgehead atoms. The molecule has 3 aromatic carbocycles. The van der Waals surface area contributed by atoms with E-state index in [0.717, 1.165) is 10.8 Å². The van der Waals surface area contributed by atoms with Crippen LogP contribution in [-0.4, -0.2) is 14.3 Å². The SMILES string of the molecule is C=C(C)C(=O)Nc1ccc(S(=O)(=O)Nc2cccc3ccccc23)cc1. The average molecular weight is 366 g/mol. The van der Waals surface area contributed by atoms with Gasteiger partial charge in [0.1, 0.15) is 0 Å². The summed E-state index contributed by atoms with van der Waals surface area (Å²) >= 11 is 0. The standard InChI is InChI=1S/C20H18N2O3S/c1-14(2)20(23)21-16-10-12-17(13-11-16)26(24,25)22-19-9-5-7-15-6-3-4-8-18(15)19/h3-13,22H,1H2,2H3,(H,21,23). The van der Waals surface area contributed by atoms with Crippen molar-refractivity contribution in [2.75, 3.05) is 10.0 Å². The van der Waals surface area contributed by atoms with E-state index >= 15 is 0 Å². The van der Waals surface area contributed by atoms with Crippen LogP contribution in [0.3, 0.4) is 0 Å². The number of hydrogen-bond acceptors (Lipinski definition) is 3. The van der Waals surface area contributed by atoms with E-state index in [1.54, 1.807) is 31.2 Å². The Kier molecular flexibility index (Phi) is 4.77. The van der Waals surface area contributed by atoms with Crippen molar-refractivity contribution in [3.63, 3.8) is 0 Å².